The number of hydrogen-bond donors (Lipinski definition) is 0. The van der Waals surface area contributed by atoms with Crippen LogP contribution in [0.15, 0.2) is 21.7 Å². The maximum Gasteiger partial charge on any atom is 0.214 e. The quantitative estimate of drug-likeness (QED) is 0.778. The van der Waals surface area contributed by atoms with Gasteiger partial charge in [0.1, 0.15) is 4.21 Å². The van der Waals surface area contributed by atoms with E-state index in [4.69, 9.17) is 4.74 Å². The predicted octanol–water partition coefficient (Wildman–Crippen LogP) is 1.90. The number of sulfone groups is 1. The molecule has 0 aliphatic heterocycles. The van der Waals surface area contributed by atoms with Gasteiger partial charge in [-0.3, -0.25) is 0 Å². The normalized spacial score (nSPS) is 14.3. The molecule has 1 unspecified atom stereocenters. The highest BCUT2D eigenvalue weighted by atomic mass is 32.2. The fourth-order valence-corrected chi connectivity index (χ4v) is 3.38. The van der Waals surface area contributed by atoms with E-state index >= 15 is 0 Å². The summed E-state index contributed by atoms with van der Waals surface area (Å²) >= 11 is 1.22. The summed E-state index contributed by atoms with van der Waals surface area (Å²) in [5.41, 5.74) is -0.754. The van der Waals surface area contributed by atoms with Crippen molar-refractivity contribution >= 4 is 21.2 Å². The summed E-state index contributed by atoms with van der Waals surface area (Å²) in [7, 11) is -3.26. The first-order chi connectivity index (χ1) is 6.09. The number of thiophene rings is 1. The van der Waals surface area contributed by atoms with Gasteiger partial charge in [-0.05, 0) is 25.3 Å². The van der Waals surface area contributed by atoms with Crippen molar-refractivity contribution in [3.8, 4) is 0 Å². The molecule has 74 valence electrons. The minimum Gasteiger partial charge on any atom is -0.362 e. The van der Waals surface area contributed by atoms with E-state index in [1.807, 2.05) is 0 Å². The van der Waals surface area contributed by atoms with Crippen LogP contribution in [-0.2, 0) is 14.6 Å². The van der Waals surface area contributed by atoms with Crippen LogP contribution in [0.4, 0.5) is 0 Å². The zero-order valence-electron chi connectivity index (χ0n) is 7.56. The molecule has 0 fully saturated rings. The van der Waals surface area contributed by atoms with Crippen molar-refractivity contribution in [2.75, 3.05) is 6.61 Å². The molecule has 0 saturated heterocycles. The molecule has 0 aliphatic rings. The average molecular weight is 220 g/mol. The largest absolute Gasteiger partial charge is 0.362 e. The van der Waals surface area contributed by atoms with Gasteiger partial charge in [0, 0.05) is 6.61 Å². The summed E-state index contributed by atoms with van der Waals surface area (Å²) in [6.07, 6.45) is 0. The van der Waals surface area contributed by atoms with Gasteiger partial charge in [-0.1, -0.05) is 6.07 Å². The van der Waals surface area contributed by atoms with Gasteiger partial charge in [0.2, 0.25) is 9.84 Å². The summed E-state index contributed by atoms with van der Waals surface area (Å²) in [5.74, 6) is 0. The van der Waals surface area contributed by atoms with Gasteiger partial charge in [-0.2, -0.15) is 0 Å². The second kappa shape index (κ2) is 4.21. The molecule has 1 atom stereocenters. The lowest BCUT2D eigenvalue weighted by atomic mass is 10.7. The molecule has 0 saturated carbocycles. The fraction of sp³-hybridized carbons (Fsp3) is 0.500. The van der Waals surface area contributed by atoms with Crippen LogP contribution < -0.4 is 0 Å². The van der Waals surface area contributed by atoms with E-state index in [-0.39, 0.29) is 0 Å². The summed E-state index contributed by atoms with van der Waals surface area (Å²) in [5, 5.41) is 1.74. The Morgan fingerprint density at radius 2 is 2.31 bits per heavy atom. The van der Waals surface area contributed by atoms with Crippen molar-refractivity contribution in [3.63, 3.8) is 0 Å². The molecule has 1 rings (SSSR count). The minimum absolute atomic E-state index is 0.369. The van der Waals surface area contributed by atoms with Crippen molar-refractivity contribution in [1.82, 2.24) is 0 Å². The monoisotopic (exact) mass is 220 g/mol. The molecule has 0 bridgehead atoms. The van der Waals surface area contributed by atoms with Gasteiger partial charge < -0.3 is 4.74 Å². The van der Waals surface area contributed by atoms with Gasteiger partial charge in [0.05, 0.1) is 0 Å². The highest BCUT2D eigenvalue weighted by Gasteiger charge is 2.24. The molecule has 0 radical (unpaired) electrons. The van der Waals surface area contributed by atoms with Crippen LogP contribution in [0.25, 0.3) is 0 Å². The minimum atomic E-state index is -3.26. The van der Waals surface area contributed by atoms with E-state index in [2.05, 4.69) is 0 Å². The van der Waals surface area contributed by atoms with Crippen molar-refractivity contribution in [2.45, 2.75) is 23.5 Å². The van der Waals surface area contributed by atoms with E-state index in [0.717, 1.165) is 0 Å². The highest BCUT2D eigenvalue weighted by molar-refractivity contribution is 7.93. The Kier molecular flexibility index (Phi) is 3.47. The molecular formula is C8H12O3S2. The first kappa shape index (κ1) is 10.7. The van der Waals surface area contributed by atoms with Crippen LogP contribution in [0, 0.1) is 0 Å². The third-order valence-electron chi connectivity index (χ3n) is 1.61. The summed E-state index contributed by atoms with van der Waals surface area (Å²) in [6, 6.07) is 3.31. The van der Waals surface area contributed by atoms with Crippen LogP contribution in [0.2, 0.25) is 0 Å². The Morgan fingerprint density at radius 3 is 2.77 bits per heavy atom. The maximum atomic E-state index is 11.7. The molecule has 0 N–H and O–H groups in total. The molecule has 0 aromatic carbocycles. The Balaban J connectivity index is 2.90. The van der Waals surface area contributed by atoms with Crippen molar-refractivity contribution in [3.05, 3.63) is 17.5 Å². The summed E-state index contributed by atoms with van der Waals surface area (Å²) in [6.45, 7) is 3.74. The second-order valence-electron chi connectivity index (χ2n) is 2.50. The average Bonchev–Trinajstić information content (AvgIpc) is 2.56. The van der Waals surface area contributed by atoms with Crippen molar-refractivity contribution < 1.29 is 13.2 Å². The maximum absolute atomic E-state index is 11.7. The molecule has 0 spiro atoms. The Bertz CT molecular complexity index is 339. The summed E-state index contributed by atoms with van der Waals surface area (Å²) in [4.78, 5) is 0. The van der Waals surface area contributed by atoms with Gasteiger partial charge in [0.25, 0.3) is 0 Å². The van der Waals surface area contributed by atoms with Gasteiger partial charge in [-0.25, -0.2) is 8.42 Å². The third-order valence-corrected chi connectivity index (χ3v) is 4.97. The van der Waals surface area contributed by atoms with Crippen LogP contribution in [0.5, 0.6) is 0 Å². The molecule has 1 aromatic rings. The number of hydrogen-bond acceptors (Lipinski definition) is 4. The molecule has 13 heavy (non-hydrogen) atoms. The van der Waals surface area contributed by atoms with E-state index in [1.54, 1.807) is 31.4 Å². The van der Waals surface area contributed by atoms with Crippen molar-refractivity contribution in [1.29, 1.82) is 0 Å². The Labute approximate surface area is 82.3 Å². The van der Waals surface area contributed by atoms with Crippen LogP contribution in [0.3, 0.4) is 0 Å². The highest BCUT2D eigenvalue weighted by Crippen LogP contribution is 2.21. The first-order valence-corrected chi connectivity index (χ1v) is 6.40. The Hall–Kier alpha value is -0.390. The lowest BCUT2D eigenvalue weighted by molar-refractivity contribution is 0.129. The molecule has 0 aliphatic carbocycles. The Morgan fingerprint density at radius 1 is 1.62 bits per heavy atom. The van der Waals surface area contributed by atoms with E-state index in [0.29, 0.717) is 10.8 Å². The SMILES string of the molecule is CCOC(C)S(=O)(=O)c1cccs1. The van der Waals surface area contributed by atoms with Gasteiger partial charge in [0.15, 0.2) is 5.44 Å². The lowest BCUT2D eigenvalue weighted by Crippen LogP contribution is -2.20. The molecule has 0 amide bonds. The summed E-state index contributed by atoms with van der Waals surface area (Å²) < 4.78 is 28.8. The van der Waals surface area contributed by atoms with Crippen molar-refractivity contribution in [2.24, 2.45) is 0 Å². The molecule has 1 aromatic heterocycles. The smallest absolute Gasteiger partial charge is 0.214 e. The molecule has 3 nitrogen and oxygen atoms in total. The van der Waals surface area contributed by atoms with Gasteiger partial charge >= 0.3 is 0 Å². The molecule has 5 heteroatoms. The van der Waals surface area contributed by atoms with E-state index in [1.165, 1.54) is 11.3 Å². The topological polar surface area (TPSA) is 43.4 Å². The zero-order valence-corrected chi connectivity index (χ0v) is 9.19. The number of rotatable bonds is 4. The predicted molar refractivity (Wildman–Crippen MR) is 52.6 cm³/mol. The zero-order chi connectivity index (χ0) is 9.90. The van der Waals surface area contributed by atoms with Crippen LogP contribution >= 0.6 is 11.3 Å². The van der Waals surface area contributed by atoms with Crippen LogP contribution in [0.1, 0.15) is 13.8 Å². The standard InChI is InChI=1S/C8H12O3S2/c1-3-11-7(2)13(9,10)8-5-4-6-12-8/h4-7H,3H2,1-2H3. The lowest BCUT2D eigenvalue weighted by Gasteiger charge is -2.10. The van der Waals surface area contributed by atoms with E-state index < -0.39 is 15.3 Å². The number of ether oxygens (including phenoxy) is 1. The third kappa shape index (κ3) is 2.30. The molecular weight excluding hydrogens is 208 g/mol. The fourth-order valence-electron chi connectivity index (χ4n) is 0.913. The molecule has 1 heterocycles. The second-order valence-corrected chi connectivity index (χ2v) is 5.90. The van der Waals surface area contributed by atoms with E-state index in [9.17, 15) is 8.42 Å². The van der Waals surface area contributed by atoms with Gasteiger partial charge in [-0.15, -0.1) is 11.3 Å². The van der Waals surface area contributed by atoms with Crippen LogP contribution in [-0.4, -0.2) is 20.5 Å². The first-order valence-electron chi connectivity index (χ1n) is 3.98.